The molecule has 5 heteroatoms. The van der Waals surface area contributed by atoms with Crippen molar-refractivity contribution in [2.24, 2.45) is 0 Å². The maximum Gasteiger partial charge on any atom is 0.142 e. The van der Waals surface area contributed by atoms with Gasteiger partial charge in [0, 0.05) is 32.7 Å². The second kappa shape index (κ2) is 7.43. The van der Waals surface area contributed by atoms with Gasteiger partial charge in [-0.3, -0.25) is 4.90 Å². The van der Waals surface area contributed by atoms with E-state index >= 15 is 0 Å². The van der Waals surface area contributed by atoms with E-state index in [1.54, 1.807) is 7.11 Å². The quantitative estimate of drug-likeness (QED) is 0.816. The predicted octanol–water partition coefficient (Wildman–Crippen LogP) is 4.32. The second-order valence-electron chi connectivity index (χ2n) is 5.68. The average Bonchev–Trinajstić information content (AvgIpc) is 2.59. The Morgan fingerprint density at radius 3 is 2.39 bits per heavy atom. The molecule has 3 rings (SSSR count). The van der Waals surface area contributed by atoms with Crippen molar-refractivity contribution in [3.8, 4) is 5.75 Å². The standard InChI is InChI=1S/C18H20Cl2N2O/c1-23-18-5-3-2-4-17(18)22-10-8-21(9-11-22)13-14-6-7-15(19)16(20)12-14/h2-7,12H,8-11,13H2,1H3. The smallest absolute Gasteiger partial charge is 0.142 e. The lowest BCUT2D eigenvalue weighted by Crippen LogP contribution is -2.46. The number of hydrogen-bond acceptors (Lipinski definition) is 3. The third kappa shape index (κ3) is 3.92. The summed E-state index contributed by atoms with van der Waals surface area (Å²) in [5.74, 6) is 0.936. The lowest BCUT2D eigenvalue weighted by molar-refractivity contribution is 0.249. The molecule has 0 saturated carbocycles. The molecular formula is C18H20Cl2N2O. The summed E-state index contributed by atoms with van der Waals surface area (Å²) in [6.07, 6.45) is 0. The van der Waals surface area contributed by atoms with Gasteiger partial charge in [-0.15, -0.1) is 0 Å². The summed E-state index contributed by atoms with van der Waals surface area (Å²) in [6.45, 7) is 4.90. The van der Waals surface area contributed by atoms with Crippen LogP contribution in [0.2, 0.25) is 10.0 Å². The zero-order valence-corrected chi connectivity index (χ0v) is 14.6. The molecule has 0 radical (unpaired) electrons. The van der Waals surface area contributed by atoms with Crippen molar-refractivity contribution in [3.05, 3.63) is 58.1 Å². The summed E-state index contributed by atoms with van der Waals surface area (Å²) in [6, 6.07) is 14.1. The number of halogens is 2. The van der Waals surface area contributed by atoms with Gasteiger partial charge in [0.1, 0.15) is 5.75 Å². The predicted molar refractivity (Wildman–Crippen MR) is 96.9 cm³/mol. The normalized spacial score (nSPS) is 15.7. The Balaban J connectivity index is 1.61. The molecule has 0 bridgehead atoms. The van der Waals surface area contributed by atoms with Gasteiger partial charge in [-0.2, -0.15) is 0 Å². The van der Waals surface area contributed by atoms with Gasteiger partial charge in [-0.25, -0.2) is 0 Å². The minimum absolute atomic E-state index is 0.608. The molecule has 23 heavy (non-hydrogen) atoms. The lowest BCUT2D eigenvalue weighted by Gasteiger charge is -2.36. The third-order valence-electron chi connectivity index (χ3n) is 4.19. The fourth-order valence-electron chi connectivity index (χ4n) is 2.93. The first-order valence-electron chi connectivity index (χ1n) is 7.71. The number of methoxy groups -OCH3 is 1. The van der Waals surface area contributed by atoms with Crippen LogP contribution in [0.5, 0.6) is 5.75 Å². The van der Waals surface area contributed by atoms with Gasteiger partial charge in [0.25, 0.3) is 0 Å². The minimum Gasteiger partial charge on any atom is -0.495 e. The molecule has 0 aromatic heterocycles. The van der Waals surface area contributed by atoms with E-state index in [0.29, 0.717) is 10.0 Å². The Kier molecular flexibility index (Phi) is 5.31. The fourth-order valence-corrected chi connectivity index (χ4v) is 3.25. The van der Waals surface area contributed by atoms with Gasteiger partial charge in [-0.05, 0) is 29.8 Å². The number of piperazine rings is 1. The molecule has 1 aliphatic heterocycles. The van der Waals surface area contributed by atoms with E-state index in [-0.39, 0.29) is 0 Å². The average molecular weight is 351 g/mol. The Morgan fingerprint density at radius 1 is 0.957 bits per heavy atom. The van der Waals surface area contributed by atoms with E-state index in [1.165, 1.54) is 11.3 Å². The highest BCUT2D eigenvalue weighted by atomic mass is 35.5. The summed E-state index contributed by atoms with van der Waals surface area (Å²) in [7, 11) is 1.72. The Labute approximate surface area is 147 Å². The molecule has 1 aliphatic rings. The van der Waals surface area contributed by atoms with Crippen molar-refractivity contribution in [2.75, 3.05) is 38.2 Å². The van der Waals surface area contributed by atoms with Crippen LogP contribution in [0.15, 0.2) is 42.5 Å². The maximum atomic E-state index is 6.10. The first kappa shape index (κ1) is 16.4. The minimum atomic E-state index is 0.608. The second-order valence-corrected chi connectivity index (χ2v) is 6.50. The molecule has 1 saturated heterocycles. The van der Waals surface area contributed by atoms with E-state index in [9.17, 15) is 0 Å². The van der Waals surface area contributed by atoms with Gasteiger partial charge in [-0.1, -0.05) is 41.4 Å². The highest BCUT2D eigenvalue weighted by molar-refractivity contribution is 6.42. The molecule has 3 nitrogen and oxygen atoms in total. The molecule has 1 fully saturated rings. The zero-order chi connectivity index (χ0) is 16.2. The first-order valence-corrected chi connectivity index (χ1v) is 8.47. The van der Waals surface area contributed by atoms with Crippen LogP contribution in [0.4, 0.5) is 5.69 Å². The van der Waals surface area contributed by atoms with Crippen molar-refractivity contribution in [1.82, 2.24) is 4.90 Å². The third-order valence-corrected chi connectivity index (χ3v) is 4.93. The number of benzene rings is 2. The summed E-state index contributed by atoms with van der Waals surface area (Å²) in [5, 5.41) is 1.23. The molecule has 2 aromatic carbocycles. The van der Waals surface area contributed by atoms with Crippen LogP contribution in [-0.2, 0) is 6.54 Å². The fraction of sp³-hybridized carbons (Fsp3) is 0.333. The van der Waals surface area contributed by atoms with Gasteiger partial charge in [0.2, 0.25) is 0 Å². The zero-order valence-electron chi connectivity index (χ0n) is 13.1. The number of rotatable bonds is 4. The molecule has 1 heterocycles. The van der Waals surface area contributed by atoms with Crippen molar-refractivity contribution >= 4 is 28.9 Å². The van der Waals surface area contributed by atoms with Crippen LogP contribution in [-0.4, -0.2) is 38.2 Å². The molecule has 0 N–H and O–H groups in total. The van der Waals surface area contributed by atoms with Crippen molar-refractivity contribution in [2.45, 2.75) is 6.54 Å². The topological polar surface area (TPSA) is 15.7 Å². The summed E-state index contributed by atoms with van der Waals surface area (Å²) in [4.78, 5) is 4.82. The van der Waals surface area contributed by atoms with Crippen molar-refractivity contribution in [3.63, 3.8) is 0 Å². The SMILES string of the molecule is COc1ccccc1N1CCN(Cc2ccc(Cl)c(Cl)c2)CC1. The van der Waals surface area contributed by atoms with Gasteiger partial charge >= 0.3 is 0 Å². The van der Waals surface area contributed by atoms with E-state index in [2.05, 4.69) is 21.9 Å². The molecule has 0 unspecified atom stereocenters. The molecule has 2 aromatic rings. The number of nitrogens with zero attached hydrogens (tertiary/aromatic N) is 2. The van der Waals surface area contributed by atoms with E-state index in [4.69, 9.17) is 27.9 Å². The van der Waals surface area contributed by atoms with Crippen LogP contribution in [0.25, 0.3) is 0 Å². The van der Waals surface area contributed by atoms with Gasteiger partial charge < -0.3 is 9.64 Å². The number of para-hydroxylation sites is 2. The summed E-state index contributed by atoms with van der Waals surface area (Å²) < 4.78 is 5.46. The van der Waals surface area contributed by atoms with E-state index < -0.39 is 0 Å². The Hall–Kier alpha value is -1.42. The van der Waals surface area contributed by atoms with E-state index in [0.717, 1.165) is 38.5 Å². The maximum absolute atomic E-state index is 6.10. The first-order chi connectivity index (χ1) is 11.2. The largest absolute Gasteiger partial charge is 0.495 e. The highest BCUT2D eigenvalue weighted by Gasteiger charge is 2.19. The molecule has 0 atom stereocenters. The number of anilines is 1. The van der Waals surface area contributed by atoms with Crippen molar-refractivity contribution in [1.29, 1.82) is 0 Å². The molecule has 0 spiro atoms. The van der Waals surface area contributed by atoms with Crippen LogP contribution in [0, 0.1) is 0 Å². The number of hydrogen-bond donors (Lipinski definition) is 0. The highest BCUT2D eigenvalue weighted by Crippen LogP contribution is 2.29. The van der Waals surface area contributed by atoms with E-state index in [1.807, 2.05) is 30.3 Å². The van der Waals surface area contributed by atoms with Gasteiger partial charge in [0.15, 0.2) is 0 Å². The molecule has 0 amide bonds. The molecule has 0 aliphatic carbocycles. The molecular weight excluding hydrogens is 331 g/mol. The summed E-state index contributed by atoms with van der Waals surface area (Å²) >= 11 is 12.1. The van der Waals surface area contributed by atoms with Gasteiger partial charge in [0.05, 0.1) is 22.8 Å². The Morgan fingerprint density at radius 2 is 1.70 bits per heavy atom. The van der Waals surface area contributed by atoms with Crippen LogP contribution in [0.1, 0.15) is 5.56 Å². The molecule has 122 valence electrons. The monoisotopic (exact) mass is 350 g/mol. The van der Waals surface area contributed by atoms with Crippen LogP contribution in [0.3, 0.4) is 0 Å². The lowest BCUT2D eigenvalue weighted by atomic mass is 10.2. The van der Waals surface area contributed by atoms with Crippen molar-refractivity contribution < 1.29 is 4.74 Å². The number of ether oxygens (including phenoxy) is 1. The summed E-state index contributed by atoms with van der Waals surface area (Å²) in [5.41, 5.74) is 2.37. The van der Waals surface area contributed by atoms with Crippen LogP contribution >= 0.6 is 23.2 Å². The van der Waals surface area contributed by atoms with Crippen LogP contribution < -0.4 is 9.64 Å². The Bertz CT molecular complexity index is 670.